The molecule has 1 aliphatic rings. The Morgan fingerprint density at radius 2 is 2.04 bits per heavy atom. The number of carbonyl (C=O) groups is 2. The topological polar surface area (TPSA) is 102 Å². The minimum Gasteiger partial charge on any atom is -0.352 e. The Bertz CT molecular complexity index is 592. The predicted octanol–water partition coefficient (Wildman–Crippen LogP) is 1.44. The third kappa shape index (κ3) is 5.29. The molecular formula is C18H31N5O2. The van der Waals surface area contributed by atoms with Crippen molar-refractivity contribution in [2.24, 2.45) is 11.7 Å². The van der Waals surface area contributed by atoms with Gasteiger partial charge in [0.25, 0.3) is 5.91 Å². The molecule has 7 heteroatoms. The fourth-order valence-corrected chi connectivity index (χ4v) is 3.00. The molecule has 1 heterocycles. The summed E-state index contributed by atoms with van der Waals surface area (Å²) in [5, 5.41) is 10.2. The van der Waals surface area contributed by atoms with E-state index >= 15 is 0 Å². The van der Waals surface area contributed by atoms with Crippen LogP contribution < -0.4 is 16.4 Å². The molecular weight excluding hydrogens is 318 g/mol. The maximum Gasteiger partial charge on any atom is 0.254 e. The molecule has 1 saturated carbocycles. The predicted molar refractivity (Wildman–Crippen MR) is 97.0 cm³/mol. The van der Waals surface area contributed by atoms with Gasteiger partial charge in [0, 0.05) is 18.8 Å². The van der Waals surface area contributed by atoms with Crippen molar-refractivity contribution in [3.63, 3.8) is 0 Å². The molecule has 2 amide bonds. The zero-order valence-electron chi connectivity index (χ0n) is 15.5. The minimum atomic E-state index is -0.475. The third-order valence-corrected chi connectivity index (χ3v) is 5.27. The first-order valence-electron chi connectivity index (χ1n) is 9.18. The van der Waals surface area contributed by atoms with Crippen LogP contribution in [0.25, 0.3) is 0 Å². The zero-order chi connectivity index (χ0) is 18.4. The summed E-state index contributed by atoms with van der Waals surface area (Å²) < 4.78 is 1.50. The highest BCUT2D eigenvalue weighted by atomic mass is 16.2. The van der Waals surface area contributed by atoms with Gasteiger partial charge in [-0.05, 0) is 25.7 Å². The van der Waals surface area contributed by atoms with Gasteiger partial charge in [-0.25, -0.2) is 0 Å². The molecule has 1 atom stereocenters. The van der Waals surface area contributed by atoms with Gasteiger partial charge in [0.2, 0.25) is 5.91 Å². The van der Waals surface area contributed by atoms with Crippen LogP contribution >= 0.6 is 0 Å². The van der Waals surface area contributed by atoms with Crippen molar-refractivity contribution in [2.75, 3.05) is 6.54 Å². The van der Waals surface area contributed by atoms with E-state index in [1.807, 2.05) is 20.8 Å². The van der Waals surface area contributed by atoms with Crippen LogP contribution in [0.15, 0.2) is 12.4 Å². The van der Waals surface area contributed by atoms with Crippen LogP contribution in [0.4, 0.5) is 0 Å². The highest BCUT2D eigenvalue weighted by molar-refractivity contribution is 5.94. The van der Waals surface area contributed by atoms with E-state index in [0.29, 0.717) is 12.1 Å². The molecule has 7 nitrogen and oxygen atoms in total. The summed E-state index contributed by atoms with van der Waals surface area (Å²) >= 11 is 0. The Hall–Kier alpha value is -1.89. The van der Waals surface area contributed by atoms with Gasteiger partial charge < -0.3 is 16.4 Å². The van der Waals surface area contributed by atoms with Gasteiger partial charge in [0.05, 0.1) is 17.3 Å². The summed E-state index contributed by atoms with van der Waals surface area (Å²) in [5.74, 6) is -0.0747. The fourth-order valence-electron chi connectivity index (χ4n) is 3.00. The van der Waals surface area contributed by atoms with Crippen LogP contribution in [0.1, 0.15) is 63.2 Å². The summed E-state index contributed by atoms with van der Waals surface area (Å²) in [7, 11) is 0. The second kappa shape index (κ2) is 8.47. The number of hydrogen-bond donors (Lipinski definition) is 3. The van der Waals surface area contributed by atoms with Crippen LogP contribution in [0, 0.1) is 5.92 Å². The lowest BCUT2D eigenvalue weighted by molar-refractivity contribution is -0.122. The van der Waals surface area contributed by atoms with Gasteiger partial charge in [-0.3, -0.25) is 14.3 Å². The molecule has 1 unspecified atom stereocenters. The number of nitrogens with two attached hydrogens (primary N) is 1. The molecule has 25 heavy (non-hydrogen) atoms. The van der Waals surface area contributed by atoms with E-state index in [9.17, 15) is 9.59 Å². The number of hydrogen-bond acceptors (Lipinski definition) is 4. The molecule has 1 aromatic rings. The minimum absolute atomic E-state index is 0.0593. The van der Waals surface area contributed by atoms with E-state index in [2.05, 4.69) is 15.7 Å². The molecule has 0 bridgehead atoms. The first-order chi connectivity index (χ1) is 11.8. The molecule has 1 aromatic heterocycles. The fraction of sp³-hybridized carbons (Fsp3) is 0.722. The van der Waals surface area contributed by atoms with Crippen molar-refractivity contribution in [3.05, 3.63) is 18.0 Å². The standard InChI is InChI=1S/C18H31N5O2/c1-13(2)18(3,12-19)22-17(25)14-9-20-23(10-14)11-16(24)21-15-7-5-4-6-8-15/h9-10,13,15H,4-8,11-12,19H2,1-3H3,(H,21,24)(H,22,25). The molecule has 140 valence electrons. The average Bonchev–Trinajstić information content (AvgIpc) is 3.03. The normalized spacial score (nSPS) is 18.0. The Morgan fingerprint density at radius 1 is 1.36 bits per heavy atom. The Balaban J connectivity index is 1.90. The van der Waals surface area contributed by atoms with Gasteiger partial charge in [-0.2, -0.15) is 5.10 Å². The van der Waals surface area contributed by atoms with Crippen LogP contribution in [-0.2, 0) is 11.3 Å². The summed E-state index contributed by atoms with van der Waals surface area (Å²) in [5.41, 5.74) is 5.77. The number of nitrogens with one attached hydrogen (secondary N) is 2. The highest BCUT2D eigenvalue weighted by Crippen LogP contribution is 2.17. The average molecular weight is 349 g/mol. The van der Waals surface area contributed by atoms with Crippen molar-refractivity contribution in [1.29, 1.82) is 0 Å². The quantitative estimate of drug-likeness (QED) is 0.693. The van der Waals surface area contributed by atoms with Gasteiger partial charge >= 0.3 is 0 Å². The second-order valence-electron chi connectivity index (χ2n) is 7.56. The van der Waals surface area contributed by atoms with E-state index in [-0.39, 0.29) is 30.3 Å². The maximum absolute atomic E-state index is 12.4. The van der Waals surface area contributed by atoms with Crippen LogP contribution in [0.2, 0.25) is 0 Å². The van der Waals surface area contributed by atoms with E-state index in [0.717, 1.165) is 12.8 Å². The van der Waals surface area contributed by atoms with Crippen molar-refractivity contribution in [1.82, 2.24) is 20.4 Å². The van der Waals surface area contributed by atoms with Gasteiger partial charge in [0.15, 0.2) is 0 Å². The Labute approximate surface area is 149 Å². The van der Waals surface area contributed by atoms with Crippen LogP contribution in [-0.4, -0.2) is 39.7 Å². The molecule has 1 aliphatic carbocycles. The lowest BCUT2D eigenvalue weighted by Gasteiger charge is -2.33. The number of aromatic nitrogens is 2. The third-order valence-electron chi connectivity index (χ3n) is 5.27. The first-order valence-corrected chi connectivity index (χ1v) is 9.18. The number of amides is 2. The van der Waals surface area contributed by atoms with E-state index in [4.69, 9.17) is 5.73 Å². The Morgan fingerprint density at radius 3 is 2.64 bits per heavy atom. The van der Waals surface area contributed by atoms with Gasteiger partial charge in [0.1, 0.15) is 6.54 Å². The van der Waals surface area contributed by atoms with Gasteiger partial charge in [-0.15, -0.1) is 0 Å². The first kappa shape index (κ1) is 19.4. The molecule has 1 fully saturated rings. The van der Waals surface area contributed by atoms with Crippen molar-refractivity contribution >= 4 is 11.8 Å². The smallest absolute Gasteiger partial charge is 0.254 e. The molecule has 0 aromatic carbocycles. The monoisotopic (exact) mass is 349 g/mol. The Kier molecular flexibility index (Phi) is 6.58. The van der Waals surface area contributed by atoms with E-state index in [1.165, 1.54) is 30.1 Å². The number of carbonyl (C=O) groups excluding carboxylic acids is 2. The highest BCUT2D eigenvalue weighted by Gasteiger charge is 2.29. The summed E-state index contributed by atoms with van der Waals surface area (Å²) in [4.78, 5) is 24.6. The van der Waals surface area contributed by atoms with Crippen LogP contribution in [0.3, 0.4) is 0 Å². The molecule has 2 rings (SSSR count). The van der Waals surface area contributed by atoms with Crippen molar-refractivity contribution in [2.45, 2.75) is 71.0 Å². The zero-order valence-corrected chi connectivity index (χ0v) is 15.5. The largest absolute Gasteiger partial charge is 0.352 e. The number of rotatable bonds is 7. The van der Waals surface area contributed by atoms with Crippen molar-refractivity contribution < 1.29 is 9.59 Å². The maximum atomic E-state index is 12.4. The molecule has 0 radical (unpaired) electrons. The summed E-state index contributed by atoms with van der Waals surface area (Å²) in [6, 6.07) is 0.274. The molecule has 0 saturated heterocycles. The number of nitrogens with zero attached hydrogens (tertiary/aromatic N) is 2. The molecule has 4 N–H and O–H groups in total. The SMILES string of the molecule is CC(C)C(C)(CN)NC(=O)c1cnn(CC(=O)NC2CCCCC2)c1. The van der Waals surface area contributed by atoms with Crippen molar-refractivity contribution in [3.8, 4) is 0 Å². The lowest BCUT2D eigenvalue weighted by atomic mass is 9.88. The van der Waals surface area contributed by atoms with Gasteiger partial charge in [-0.1, -0.05) is 33.1 Å². The lowest BCUT2D eigenvalue weighted by Crippen LogP contribution is -2.54. The van der Waals surface area contributed by atoms with E-state index < -0.39 is 5.54 Å². The van der Waals surface area contributed by atoms with Crippen LogP contribution in [0.5, 0.6) is 0 Å². The van der Waals surface area contributed by atoms with E-state index in [1.54, 1.807) is 6.20 Å². The molecule has 0 aliphatic heterocycles. The summed E-state index contributed by atoms with van der Waals surface area (Å²) in [6.07, 6.45) is 8.78. The second-order valence-corrected chi connectivity index (χ2v) is 7.56. The molecule has 0 spiro atoms. The summed E-state index contributed by atoms with van der Waals surface area (Å²) in [6.45, 7) is 6.45.